The van der Waals surface area contributed by atoms with Crippen molar-refractivity contribution in [2.75, 3.05) is 26.4 Å². The molecule has 0 aliphatic rings. The first kappa shape index (κ1) is 15.2. The van der Waals surface area contributed by atoms with Gasteiger partial charge in [-0.1, -0.05) is 0 Å². The highest BCUT2D eigenvalue weighted by atomic mass is 32.1. The predicted octanol–water partition coefficient (Wildman–Crippen LogP) is 1.40. The average Bonchev–Trinajstić information content (AvgIpc) is 2.79. The van der Waals surface area contributed by atoms with Crippen LogP contribution in [0.25, 0.3) is 10.2 Å². The lowest BCUT2D eigenvalue weighted by Gasteiger charge is -2.15. The van der Waals surface area contributed by atoms with Crippen LogP contribution in [0.3, 0.4) is 0 Å². The fraction of sp³-hybridized carbons (Fsp3) is 0.357. The maximum Gasteiger partial charge on any atom is 0.265 e. The van der Waals surface area contributed by atoms with Crippen LogP contribution in [-0.2, 0) is 4.79 Å². The average molecular weight is 306 g/mol. The third-order valence-corrected chi connectivity index (χ3v) is 4.33. The number of amides is 2. The first-order valence-electron chi connectivity index (χ1n) is 6.55. The minimum absolute atomic E-state index is 0.101. The van der Waals surface area contributed by atoms with E-state index in [2.05, 4.69) is 10.3 Å². The number of carbonyl (C=O) groups excluding carboxylic acids is 2. The normalized spacial score (nSPS) is 10.6. The molecule has 0 spiro atoms. The van der Waals surface area contributed by atoms with E-state index in [1.54, 1.807) is 14.1 Å². The Bertz CT molecular complexity index is 696. The number of rotatable bonds is 4. The number of nitrogens with two attached hydrogens (primary N) is 1. The Hall–Kier alpha value is -2.15. The van der Waals surface area contributed by atoms with Gasteiger partial charge in [0.1, 0.15) is 9.71 Å². The van der Waals surface area contributed by atoms with Crippen LogP contribution in [-0.4, -0.2) is 42.3 Å². The molecule has 0 unspecified atom stereocenters. The molecule has 0 aliphatic carbocycles. The number of hydrogen-bond acceptors (Lipinski definition) is 5. The van der Waals surface area contributed by atoms with Crippen molar-refractivity contribution >= 4 is 39.1 Å². The van der Waals surface area contributed by atoms with Crippen LogP contribution >= 0.6 is 11.3 Å². The summed E-state index contributed by atoms with van der Waals surface area (Å²) in [6, 6.07) is 3.75. The minimum atomic E-state index is -0.183. The number of nitrogen functional groups attached to an aromatic ring is 1. The molecule has 3 N–H and O–H groups in total. The van der Waals surface area contributed by atoms with Gasteiger partial charge < -0.3 is 16.0 Å². The molecule has 0 saturated heterocycles. The number of nitrogens with zero attached hydrogens (tertiary/aromatic N) is 2. The molecule has 0 aromatic carbocycles. The third-order valence-electron chi connectivity index (χ3n) is 3.23. The molecule has 0 atom stereocenters. The molecular formula is C14H18N4O2S. The van der Waals surface area contributed by atoms with Crippen molar-refractivity contribution in [1.29, 1.82) is 0 Å². The second-order valence-corrected chi connectivity index (χ2v) is 5.80. The molecule has 0 fully saturated rings. The van der Waals surface area contributed by atoms with Crippen molar-refractivity contribution < 1.29 is 9.59 Å². The van der Waals surface area contributed by atoms with Crippen LogP contribution in [0.4, 0.5) is 5.69 Å². The van der Waals surface area contributed by atoms with Gasteiger partial charge in [-0.25, -0.2) is 4.98 Å². The van der Waals surface area contributed by atoms with Crippen LogP contribution in [0.2, 0.25) is 0 Å². The smallest absolute Gasteiger partial charge is 0.265 e. The van der Waals surface area contributed by atoms with Gasteiger partial charge >= 0.3 is 0 Å². The lowest BCUT2D eigenvalue weighted by atomic mass is 10.2. The summed E-state index contributed by atoms with van der Waals surface area (Å²) in [5, 5.41) is 3.33. The Balaban J connectivity index is 2.22. The van der Waals surface area contributed by atoms with Gasteiger partial charge in [-0.2, -0.15) is 0 Å². The first-order chi connectivity index (χ1) is 9.93. The fourth-order valence-electron chi connectivity index (χ4n) is 1.92. The molecule has 0 saturated carbocycles. The maximum absolute atomic E-state index is 12.4. The van der Waals surface area contributed by atoms with Crippen LogP contribution in [0.5, 0.6) is 0 Å². The van der Waals surface area contributed by atoms with Gasteiger partial charge in [0.15, 0.2) is 0 Å². The van der Waals surface area contributed by atoms with Crippen molar-refractivity contribution in [3.8, 4) is 0 Å². The summed E-state index contributed by atoms with van der Waals surface area (Å²) in [6.07, 6.45) is 0.265. The number of hydrogen-bond donors (Lipinski definition) is 2. The van der Waals surface area contributed by atoms with E-state index < -0.39 is 0 Å². The highest BCUT2D eigenvalue weighted by Gasteiger charge is 2.20. The van der Waals surface area contributed by atoms with Gasteiger partial charge in [0.25, 0.3) is 5.91 Å². The molecular weight excluding hydrogens is 288 g/mol. The summed E-state index contributed by atoms with van der Waals surface area (Å²) in [6.45, 7) is 2.24. The summed E-state index contributed by atoms with van der Waals surface area (Å²) in [4.78, 5) is 30.8. The third kappa shape index (κ3) is 3.13. The van der Waals surface area contributed by atoms with E-state index in [1.807, 2.05) is 19.1 Å². The monoisotopic (exact) mass is 306 g/mol. The van der Waals surface area contributed by atoms with E-state index in [0.717, 1.165) is 15.9 Å². The second kappa shape index (κ2) is 6.09. The number of pyridine rings is 1. The Labute approximate surface area is 127 Å². The number of aromatic nitrogens is 1. The van der Waals surface area contributed by atoms with Crippen LogP contribution in [0, 0.1) is 6.92 Å². The molecule has 112 valence electrons. The zero-order valence-corrected chi connectivity index (χ0v) is 13.1. The van der Waals surface area contributed by atoms with E-state index in [0.29, 0.717) is 17.1 Å². The number of carbonyl (C=O) groups is 2. The van der Waals surface area contributed by atoms with Crippen LogP contribution in [0.1, 0.15) is 21.8 Å². The summed E-state index contributed by atoms with van der Waals surface area (Å²) < 4.78 is 0. The Kier molecular flexibility index (Phi) is 4.42. The Morgan fingerprint density at radius 2 is 2.14 bits per heavy atom. The topological polar surface area (TPSA) is 88.3 Å². The lowest BCUT2D eigenvalue weighted by molar-refractivity contribution is -0.120. The number of fused-ring (bicyclic) bond motifs is 1. The van der Waals surface area contributed by atoms with E-state index in [9.17, 15) is 9.59 Å². The van der Waals surface area contributed by atoms with Gasteiger partial charge in [0, 0.05) is 38.1 Å². The summed E-state index contributed by atoms with van der Waals surface area (Å²) >= 11 is 1.29. The lowest BCUT2D eigenvalue weighted by Crippen LogP contribution is -2.31. The standard InChI is InChI=1S/C14H18N4O2S/c1-8-4-5-9-11(15)12(21-13(9)17-8)14(20)18(3)7-6-10(19)16-2/h4-5H,6-7,15H2,1-3H3,(H,16,19). The summed E-state index contributed by atoms with van der Waals surface area (Å²) in [7, 11) is 3.23. The molecule has 6 nitrogen and oxygen atoms in total. The zero-order chi connectivity index (χ0) is 15.6. The van der Waals surface area contributed by atoms with Crippen molar-refractivity contribution in [3.05, 3.63) is 22.7 Å². The van der Waals surface area contributed by atoms with Crippen molar-refractivity contribution in [3.63, 3.8) is 0 Å². The molecule has 2 amide bonds. The highest BCUT2D eigenvalue weighted by molar-refractivity contribution is 7.21. The fourth-order valence-corrected chi connectivity index (χ4v) is 3.05. The molecule has 2 aromatic heterocycles. The van der Waals surface area contributed by atoms with E-state index in [-0.39, 0.29) is 18.2 Å². The summed E-state index contributed by atoms with van der Waals surface area (Å²) in [5.74, 6) is -0.284. The Morgan fingerprint density at radius 1 is 1.43 bits per heavy atom. The van der Waals surface area contributed by atoms with Crippen LogP contribution in [0.15, 0.2) is 12.1 Å². The highest BCUT2D eigenvalue weighted by Crippen LogP contribution is 2.33. The van der Waals surface area contributed by atoms with Gasteiger partial charge in [0.05, 0.1) is 5.69 Å². The van der Waals surface area contributed by atoms with Crippen molar-refractivity contribution in [2.24, 2.45) is 0 Å². The van der Waals surface area contributed by atoms with Gasteiger partial charge in [0.2, 0.25) is 5.91 Å². The number of nitrogens with one attached hydrogen (secondary N) is 1. The zero-order valence-electron chi connectivity index (χ0n) is 12.3. The van der Waals surface area contributed by atoms with Crippen LogP contribution < -0.4 is 11.1 Å². The van der Waals surface area contributed by atoms with E-state index in [1.165, 1.54) is 16.2 Å². The van der Waals surface area contributed by atoms with Crippen molar-refractivity contribution in [1.82, 2.24) is 15.2 Å². The van der Waals surface area contributed by atoms with E-state index >= 15 is 0 Å². The summed E-state index contributed by atoms with van der Waals surface area (Å²) in [5.41, 5.74) is 7.40. The maximum atomic E-state index is 12.4. The Morgan fingerprint density at radius 3 is 2.81 bits per heavy atom. The van der Waals surface area contributed by atoms with Gasteiger partial charge in [-0.3, -0.25) is 9.59 Å². The minimum Gasteiger partial charge on any atom is -0.397 e. The predicted molar refractivity (Wildman–Crippen MR) is 84.4 cm³/mol. The second-order valence-electron chi connectivity index (χ2n) is 4.80. The number of aryl methyl sites for hydroxylation is 1. The van der Waals surface area contributed by atoms with Gasteiger partial charge in [-0.15, -0.1) is 11.3 Å². The molecule has 7 heteroatoms. The molecule has 2 aromatic rings. The molecule has 2 heterocycles. The largest absolute Gasteiger partial charge is 0.397 e. The molecule has 0 radical (unpaired) electrons. The molecule has 0 aliphatic heterocycles. The first-order valence-corrected chi connectivity index (χ1v) is 7.37. The molecule has 21 heavy (non-hydrogen) atoms. The number of anilines is 1. The number of thiophene rings is 1. The molecule has 0 bridgehead atoms. The SMILES string of the molecule is CNC(=O)CCN(C)C(=O)c1sc2nc(C)ccc2c1N. The van der Waals surface area contributed by atoms with Crippen molar-refractivity contribution in [2.45, 2.75) is 13.3 Å². The van der Waals surface area contributed by atoms with Gasteiger partial charge in [-0.05, 0) is 19.1 Å². The van der Waals surface area contributed by atoms with E-state index in [4.69, 9.17) is 5.73 Å². The molecule has 2 rings (SSSR count). The quantitative estimate of drug-likeness (QED) is 0.893.